The van der Waals surface area contributed by atoms with Gasteiger partial charge in [0.1, 0.15) is 11.9 Å². The number of carbonyl (C=O) groups excluding carboxylic acids is 2. The number of aryl methyl sites for hydroxylation is 1. The fraction of sp³-hybridized carbons (Fsp3) is 0.433. The van der Waals surface area contributed by atoms with Gasteiger partial charge in [0, 0.05) is 51.0 Å². The number of nitrogens with one attached hydrogen (secondary N) is 2. The van der Waals surface area contributed by atoms with Gasteiger partial charge in [0.25, 0.3) is 5.91 Å². The van der Waals surface area contributed by atoms with E-state index in [2.05, 4.69) is 34.6 Å². The Hall–Kier alpha value is -4.37. The average Bonchev–Trinajstić information content (AvgIpc) is 3.56. The number of hydrogen-bond acceptors (Lipinski definition) is 6. The summed E-state index contributed by atoms with van der Waals surface area (Å²) in [5.41, 5.74) is 9.64. The Balaban J connectivity index is 0.000000265. The third kappa shape index (κ3) is 8.31. The fourth-order valence-corrected chi connectivity index (χ4v) is 4.60. The van der Waals surface area contributed by atoms with E-state index in [0.29, 0.717) is 12.5 Å². The van der Waals surface area contributed by atoms with Crippen LogP contribution in [0.1, 0.15) is 44.1 Å². The van der Waals surface area contributed by atoms with Gasteiger partial charge < -0.3 is 30.7 Å². The van der Waals surface area contributed by atoms with E-state index in [0.717, 1.165) is 53.9 Å². The molecule has 1 aromatic heterocycles. The summed E-state index contributed by atoms with van der Waals surface area (Å²) in [6, 6.07) is 7.56. The van der Waals surface area contributed by atoms with Crippen LogP contribution in [-0.4, -0.2) is 71.8 Å². The predicted molar refractivity (Wildman–Crippen MR) is 157 cm³/mol. The van der Waals surface area contributed by atoms with Crippen LogP contribution < -0.4 is 11.1 Å². The van der Waals surface area contributed by atoms with Crippen molar-refractivity contribution in [2.75, 3.05) is 45.6 Å². The molecule has 9 nitrogen and oxygen atoms in total. The van der Waals surface area contributed by atoms with Gasteiger partial charge >= 0.3 is 0 Å². The Morgan fingerprint density at radius 1 is 1.15 bits per heavy atom. The highest BCUT2D eigenvalue weighted by Gasteiger charge is 2.21. The molecule has 4 N–H and O–H groups in total. The Bertz CT molecular complexity index is 1240. The van der Waals surface area contributed by atoms with Crippen LogP contribution in [0, 0.1) is 31.1 Å². The molecule has 39 heavy (non-hydrogen) atoms. The smallest absolute Gasteiger partial charge is 0.267 e. The van der Waals surface area contributed by atoms with Crippen LogP contribution in [0.4, 0.5) is 5.69 Å². The zero-order chi connectivity index (χ0) is 28.9. The van der Waals surface area contributed by atoms with Crippen molar-refractivity contribution in [3.8, 4) is 18.9 Å². The van der Waals surface area contributed by atoms with E-state index in [9.17, 15) is 9.59 Å². The van der Waals surface area contributed by atoms with E-state index < -0.39 is 5.91 Å². The highest BCUT2D eigenvalue weighted by molar-refractivity contribution is 5.99. The molecule has 2 aliphatic heterocycles. The molecule has 0 saturated carbocycles. The molecule has 2 saturated heterocycles. The van der Waals surface area contributed by atoms with Crippen LogP contribution >= 0.6 is 0 Å². The van der Waals surface area contributed by atoms with Gasteiger partial charge in [0.15, 0.2) is 5.57 Å². The molecule has 0 aliphatic carbocycles. The molecule has 1 aromatic carbocycles. The first-order valence-electron chi connectivity index (χ1n) is 13.2. The lowest BCUT2D eigenvalue weighted by molar-refractivity contribution is -0.131. The van der Waals surface area contributed by atoms with Crippen LogP contribution in [0.25, 0.3) is 10.9 Å². The Morgan fingerprint density at radius 2 is 1.82 bits per heavy atom. The number of hydrogen-bond donors (Lipinski definition) is 3. The van der Waals surface area contributed by atoms with Gasteiger partial charge in [-0.05, 0) is 50.7 Å². The normalized spacial score (nSPS) is 15.5. The highest BCUT2D eigenvalue weighted by atomic mass is 16.2. The molecule has 3 heterocycles. The van der Waals surface area contributed by atoms with Crippen molar-refractivity contribution in [3.05, 3.63) is 53.6 Å². The molecule has 2 amide bonds. The molecule has 208 valence electrons. The Labute approximate surface area is 232 Å². The lowest BCUT2D eigenvalue weighted by Crippen LogP contribution is -2.38. The van der Waals surface area contributed by atoms with Crippen LogP contribution in [-0.2, 0) is 9.59 Å². The second-order valence-electron chi connectivity index (χ2n) is 9.81. The largest absolute Gasteiger partial charge is 0.384 e. The minimum atomic E-state index is -0.433. The van der Waals surface area contributed by atoms with E-state index in [1.807, 2.05) is 42.3 Å². The standard InChI is InChI=1S/C15H17N5O.C13H22N2O.C2H2/c1-9-8-18-13-10(9)5-4-6-12(13)19-14(17)11(7-16)15(21)20(2)3;1-12-7-3-2-4-10-15(12)11-13(16)14-8-5-6-9-14;1-2/h4-6,8,18-19H,17H2,1-3H3;1-11H2;1-2H/b14-11+;;. The van der Waals surface area contributed by atoms with Crippen LogP contribution in [0.15, 0.2) is 48.1 Å². The summed E-state index contributed by atoms with van der Waals surface area (Å²) in [6.07, 6.45) is 17.0. The molecule has 0 radical (unpaired) electrons. The number of nitrogens with zero attached hydrogens (tertiary/aromatic N) is 4. The SMILES string of the molecule is C#C.C=C1CCCCCN1CC(=O)N1CCCC1.Cc1c[nH]c2c(N/C(N)=C(\C#N)C(=O)N(C)C)cccc12. The number of benzene rings is 1. The van der Waals surface area contributed by atoms with Crippen molar-refractivity contribution in [2.45, 2.75) is 45.4 Å². The first-order valence-corrected chi connectivity index (χ1v) is 13.2. The molecule has 4 rings (SSSR count). The first-order chi connectivity index (χ1) is 18.7. The lowest BCUT2D eigenvalue weighted by atomic mass is 10.1. The van der Waals surface area contributed by atoms with Crippen molar-refractivity contribution < 1.29 is 9.59 Å². The summed E-state index contributed by atoms with van der Waals surface area (Å²) in [5.74, 6) is -0.103. The summed E-state index contributed by atoms with van der Waals surface area (Å²) in [6.45, 7) is 9.57. The van der Waals surface area contributed by atoms with Crippen molar-refractivity contribution in [3.63, 3.8) is 0 Å². The number of nitriles is 1. The summed E-state index contributed by atoms with van der Waals surface area (Å²) in [4.78, 5) is 32.6. The van der Waals surface area contributed by atoms with Gasteiger partial charge in [0.05, 0.1) is 17.7 Å². The van der Waals surface area contributed by atoms with Crippen molar-refractivity contribution in [1.29, 1.82) is 5.26 Å². The molecule has 2 fully saturated rings. The number of anilines is 1. The Kier molecular flexibility index (Phi) is 12.0. The monoisotopic (exact) mass is 531 g/mol. The van der Waals surface area contributed by atoms with Gasteiger partial charge in [-0.25, -0.2) is 0 Å². The minimum absolute atomic E-state index is 0.0379. The van der Waals surface area contributed by atoms with Gasteiger partial charge in [0.2, 0.25) is 5.91 Å². The zero-order valence-electron chi connectivity index (χ0n) is 23.4. The number of carbonyl (C=O) groups is 2. The van der Waals surface area contributed by atoms with E-state index in [1.54, 1.807) is 14.1 Å². The highest BCUT2D eigenvalue weighted by Crippen LogP contribution is 2.25. The second kappa shape index (κ2) is 15.1. The van der Waals surface area contributed by atoms with Crippen LogP contribution in [0.5, 0.6) is 0 Å². The molecule has 2 aromatic rings. The number of likely N-dealkylation sites (N-methyl/N-ethyl adjacent to an activating group) is 1. The molecule has 0 atom stereocenters. The molecule has 0 bridgehead atoms. The predicted octanol–water partition coefficient (Wildman–Crippen LogP) is 3.92. The van der Waals surface area contributed by atoms with Gasteiger partial charge in [-0.1, -0.05) is 25.1 Å². The first kappa shape index (κ1) is 30.9. The number of aromatic nitrogens is 1. The van der Waals surface area contributed by atoms with Gasteiger partial charge in [-0.2, -0.15) is 5.26 Å². The zero-order valence-corrected chi connectivity index (χ0v) is 23.4. The maximum absolute atomic E-state index is 12.0. The molecular formula is C30H41N7O2. The number of nitrogens with two attached hydrogens (primary N) is 1. The number of allylic oxidation sites excluding steroid dienone is 1. The maximum Gasteiger partial charge on any atom is 0.267 e. The lowest BCUT2D eigenvalue weighted by Gasteiger charge is -2.26. The quantitative estimate of drug-likeness (QED) is 0.306. The molecule has 9 heteroatoms. The summed E-state index contributed by atoms with van der Waals surface area (Å²) >= 11 is 0. The summed E-state index contributed by atoms with van der Waals surface area (Å²) in [7, 11) is 3.14. The van der Waals surface area contributed by atoms with E-state index in [4.69, 9.17) is 11.0 Å². The summed E-state index contributed by atoms with van der Waals surface area (Å²) < 4.78 is 0. The number of aromatic amines is 1. The fourth-order valence-electron chi connectivity index (χ4n) is 4.60. The van der Waals surface area contributed by atoms with Crippen molar-refractivity contribution in [1.82, 2.24) is 19.7 Å². The number of terminal acetylenes is 1. The maximum atomic E-state index is 12.0. The van der Waals surface area contributed by atoms with E-state index in [1.165, 1.54) is 37.0 Å². The van der Waals surface area contributed by atoms with Crippen molar-refractivity contribution in [2.24, 2.45) is 5.73 Å². The van der Waals surface area contributed by atoms with Crippen LogP contribution in [0.2, 0.25) is 0 Å². The molecule has 0 unspecified atom stereocenters. The number of para-hydroxylation sites is 1. The van der Waals surface area contributed by atoms with Crippen molar-refractivity contribution >= 4 is 28.4 Å². The van der Waals surface area contributed by atoms with E-state index >= 15 is 0 Å². The Morgan fingerprint density at radius 3 is 2.46 bits per heavy atom. The third-order valence-corrected chi connectivity index (χ3v) is 6.82. The average molecular weight is 532 g/mol. The van der Waals surface area contributed by atoms with Gasteiger partial charge in [-0.15, -0.1) is 12.8 Å². The number of rotatable bonds is 5. The molecular weight excluding hydrogens is 490 g/mol. The number of fused-ring (bicyclic) bond motifs is 1. The van der Waals surface area contributed by atoms with Gasteiger partial charge in [-0.3, -0.25) is 9.59 Å². The number of likely N-dealkylation sites (tertiary alicyclic amines) is 2. The van der Waals surface area contributed by atoms with E-state index in [-0.39, 0.29) is 11.4 Å². The minimum Gasteiger partial charge on any atom is -0.384 e. The summed E-state index contributed by atoms with van der Waals surface area (Å²) in [5, 5.41) is 13.1. The number of amides is 2. The second-order valence-corrected chi connectivity index (χ2v) is 9.81. The number of H-pyrrole nitrogens is 1. The van der Waals surface area contributed by atoms with Crippen LogP contribution in [0.3, 0.4) is 0 Å². The molecule has 0 spiro atoms. The topological polar surface area (TPSA) is 121 Å². The third-order valence-electron chi connectivity index (χ3n) is 6.82. The molecule has 2 aliphatic rings.